The van der Waals surface area contributed by atoms with Crippen LogP contribution < -0.4 is 0 Å². The number of carbonyl (C=O) groups is 1. The van der Waals surface area contributed by atoms with E-state index in [0.29, 0.717) is 4.70 Å². The topological polar surface area (TPSA) is 50.2 Å². The van der Waals surface area contributed by atoms with Gasteiger partial charge in [0.15, 0.2) is 5.78 Å². The van der Waals surface area contributed by atoms with E-state index in [1.165, 1.54) is 37.3 Å². The Hall–Kier alpha value is -1.88. The molecule has 0 unspecified atom stereocenters. The number of allylic oxidation sites excluding steroid dienone is 2. The van der Waals surface area contributed by atoms with Gasteiger partial charge in [-0.15, -0.1) is 23.6 Å². The van der Waals surface area contributed by atoms with Crippen molar-refractivity contribution in [3.8, 4) is 10.6 Å². The minimum atomic E-state index is -0.194. The molecule has 0 atom stereocenters. The average molecular weight is 521 g/mol. The molecule has 3 nitrogen and oxygen atoms in total. The summed E-state index contributed by atoms with van der Waals surface area (Å²) in [5.41, 5.74) is 0.836. The summed E-state index contributed by atoms with van der Waals surface area (Å²) >= 11 is 1.38. The number of nitrogens with zero attached hydrogens (tertiary/aromatic N) is 1. The van der Waals surface area contributed by atoms with Gasteiger partial charge in [-0.25, -0.2) is 15.7 Å². The minimum absolute atomic E-state index is 0. The molecular formula is C18H15FIrNO2S-. The molecular weight excluding hydrogens is 505 g/mol. The summed E-state index contributed by atoms with van der Waals surface area (Å²) in [6, 6.07) is 13.9. The van der Waals surface area contributed by atoms with Gasteiger partial charge >= 0.3 is 0 Å². The molecule has 0 saturated carbocycles. The van der Waals surface area contributed by atoms with Crippen LogP contribution in [0.15, 0.2) is 54.4 Å². The number of rotatable bonds is 2. The van der Waals surface area contributed by atoms with Gasteiger partial charge in [0.05, 0.1) is 11.6 Å². The zero-order valence-electron chi connectivity index (χ0n) is 13.0. The number of carbonyl (C=O) groups excluding carboxylic acids is 1. The van der Waals surface area contributed by atoms with Crippen molar-refractivity contribution >= 4 is 27.2 Å². The third-order valence-electron chi connectivity index (χ3n) is 2.73. The van der Waals surface area contributed by atoms with Crippen molar-refractivity contribution in [3.63, 3.8) is 0 Å². The van der Waals surface area contributed by atoms with Gasteiger partial charge in [0.1, 0.15) is 0 Å². The van der Waals surface area contributed by atoms with Crippen LogP contribution in [0.4, 0.5) is 4.39 Å². The van der Waals surface area contributed by atoms with Crippen LogP contribution in [-0.4, -0.2) is 15.9 Å². The fraction of sp³-hybridized carbons (Fsp3) is 0.111. The van der Waals surface area contributed by atoms with E-state index in [-0.39, 0.29) is 37.5 Å². The second-order valence-corrected chi connectivity index (χ2v) is 5.80. The predicted molar refractivity (Wildman–Crippen MR) is 90.9 cm³/mol. The Morgan fingerprint density at radius 1 is 1.25 bits per heavy atom. The molecule has 0 aliphatic heterocycles. The van der Waals surface area contributed by atoms with E-state index in [1.807, 2.05) is 24.3 Å². The van der Waals surface area contributed by atoms with Crippen molar-refractivity contribution in [1.82, 2.24) is 4.98 Å². The molecule has 24 heavy (non-hydrogen) atoms. The smallest absolute Gasteiger partial charge is 0.155 e. The van der Waals surface area contributed by atoms with E-state index < -0.39 is 0 Å². The Bertz CT molecular complexity index is 843. The molecule has 2 heterocycles. The van der Waals surface area contributed by atoms with Crippen molar-refractivity contribution in [2.24, 2.45) is 0 Å². The number of aromatic nitrogens is 1. The number of aliphatic hydroxyl groups is 1. The monoisotopic (exact) mass is 521 g/mol. The Kier molecular flexibility index (Phi) is 7.92. The van der Waals surface area contributed by atoms with E-state index in [9.17, 15) is 9.18 Å². The van der Waals surface area contributed by atoms with Gasteiger partial charge in [-0.3, -0.25) is 4.79 Å². The summed E-state index contributed by atoms with van der Waals surface area (Å²) in [5, 5.41) is 9.17. The Morgan fingerprint density at radius 2 is 2.00 bits per heavy atom. The zero-order valence-corrected chi connectivity index (χ0v) is 16.3. The van der Waals surface area contributed by atoms with E-state index in [4.69, 9.17) is 5.11 Å². The molecule has 0 fully saturated rings. The standard InChI is InChI=1S/C13H7FNS.C5H8O2.Ir/c14-10-5-3-4-9-8-12(16-13(9)10)11-6-1-2-7-15-11;1-4(6)3-5(2)7;/h1-7H;3,6H,1-2H3;/q-1;;/b;4-3-;. The van der Waals surface area contributed by atoms with Crippen LogP contribution >= 0.6 is 11.3 Å². The summed E-state index contributed by atoms with van der Waals surface area (Å²) in [4.78, 5) is 15.1. The maximum atomic E-state index is 13.5. The van der Waals surface area contributed by atoms with Crippen LogP contribution in [0.3, 0.4) is 0 Å². The van der Waals surface area contributed by atoms with Gasteiger partial charge < -0.3 is 10.1 Å². The van der Waals surface area contributed by atoms with E-state index in [2.05, 4.69) is 11.1 Å². The SMILES string of the molecule is CC(=O)/C=C(/C)O.Fc1cccc2[c-]c(-c3ccccn3)sc12.[Ir]. The van der Waals surface area contributed by atoms with Gasteiger partial charge in [-0.05, 0) is 35.6 Å². The number of halogens is 1. The molecule has 3 rings (SSSR count). The fourth-order valence-electron chi connectivity index (χ4n) is 1.87. The molecule has 1 radical (unpaired) electrons. The Labute approximate surface area is 157 Å². The molecule has 0 spiro atoms. The molecule has 0 saturated heterocycles. The number of ketones is 1. The molecule has 0 amide bonds. The second kappa shape index (κ2) is 9.42. The molecule has 3 aromatic rings. The fourth-order valence-corrected chi connectivity index (χ4v) is 2.85. The van der Waals surface area contributed by atoms with Crippen molar-refractivity contribution < 1.29 is 34.4 Å². The first-order valence-electron chi connectivity index (χ1n) is 6.87. The number of pyridine rings is 1. The van der Waals surface area contributed by atoms with Gasteiger partial charge in [-0.2, -0.15) is 0 Å². The van der Waals surface area contributed by atoms with E-state index in [0.717, 1.165) is 16.0 Å². The predicted octanol–water partition coefficient (Wildman–Crippen LogP) is 4.94. The number of hydrogen-bond donors (Lipinski definition) is 1. The first-order valence-corrected chi connectivity index (χ1v) is 7.68. The zero-order chi connectivity index (χ0) is 16.8. The van der Waals surface area contributed by atoms with Crippen LogP contribution in [-0.2, 0) is 24.9 Å². The molecule has 127 valence electrons. The Morgan fingerprint density at radius 3 is 2.50 bits per heavy atom. The summed E-state index contributed by atoms with van der Waals surface area (Å²) in [7, 11) is 0. The van der Waals surface area contributed by atoms with Crippen LogP contribution in [0.1, 0.15) is 13.8 Å². The number of fused-ring (bicyclic) bond motifs is 1. The number of aliphatic hydroxyl groups excluding tert-OH is 1. The molecule has 1 aromatic carbocycles. The molecule has 0 bridgehead atoms. The maximum Gasteiger partial charge on any atom is 0.155 e. The molecule has 2 aromatic heterocycles. The normalized spacial score (nSPS) is 10.5. The molecule has 0 aliphatic rings. The number of thiophene rings is 1. The summed E-state index contributed by atoms with van der Waals surface area (Å²) in [6.07, 6.45) is 2.89. The average Bonchev–Trinajstić information content (AvgIpc) is 2.93. The molecule has 6 heteroatoms. The maximum absolute atomic E-state index is 13.5. The quantitative estimate of drug-likeness (QED) is 0.296. The summed E-state index contributed by atoms with van der Waals surface area (Å²) in [6.45, 7) is 2.85. The first kappa shape index (κ1) is 20.2. The largest absolute Gasteiger partial charge is 0.512 e. The third kappa shape index (κ3) is 5.64. The van der Waals surface area contributed by atoms with Gasteiger partial charge in [0, 0.05) is 38.1 Å². The van der Waals surface area contributed by atoms with Crippen LogP contribution in [0.2, 0.25) is 0 Å². The van der Waals surface area contributed by atoms with Gasteiger partial charge in [-0.1, -0.05) is 12.1 Å². The molecule has 0 aliphatic carbocycles. The third-order valence-corrected chi connectivity index (χ3v) is 3.86. The second-order valence-electron chi connectivity index (χ2n) is 4.78. The van der Waals surface area contributed by atoms with Crippen molar-refractivity contribution in [2.75, 3.05) is 0 Å². The van der Waals surface area contributed by atoms with E-state index in [1.54, 1.807) is 12.3 Å². The van der Waals surface area contributed by atoms with Crippen LogP contribution in [0, 0.1) is 11.9 Å². The van der Waals surface area contributed by atoms with Gasteiger partial charge in [0.25, 0.3) is 0 Å². The first-order chi connectivity index (χ1) is 11.0. The van der Waals surface area contributed by atoms with Crippen molar-refractivity contribution in [3.05, 3.63) is 66.3 Å². The minimum Gasteiger partial charge on any atom is -0.512 e. The van der Waals surface area contributed by atoms with Crippen LogP contribution in [0.5, 0.6) is 0 Å². The van der Waals surface area contributed by atoms with Gasteiger partial charge in [0.2, 0.25) is 0 Å². The van der Waals surface area contributed by atoms with Crippen molar-refractivity contribution in [2.45, 2.75) is 13.8 Å². The van der Waals surface area contributed by atoms with Crippen molar-refractivity contribution in [1.29, 1.82) is 0 Å². The number of benzene rings is 1. The van der Waals surface area contributed by atoms with E-state index >= 15 is 0 Å². The summed E-state index contributed by atoms with van der Waals surface area (Å²) < 4.78 is 14.1. The van der Waals surface area contributed by atoms with Crippen LogP contribution in [0.25, 0.3) is 20.7 Å². The number of hydrogen-bond acceptors (Lipinski definition) is 4. The Balaban J connectivity index is 0.000000312. The molecule has 1 N–H and O–H groups in total. The summed E-state index contributed by atoms with van der Waals surface area (Å²) in [5.74, 6) is -0.256.